The fraction of sp³-hybridized carbons (Fsp3) is 0.360. The van der Waals surface area contributed by atoms with E-state index in [2.05, 4.69) is 5.32 Å². The molecule has 0 saturated carbocycles. The third-order valence-corrected chi connectivity index (χ3v) is 6.62. The second kappa shape index (κ2) is 10.6. The van der Waals surface area contributed by atoms with Gasteiger partial charge in [-0.1, -0.05) is 18.2 Å². The van der Waals surface area contributed by atoms with Crippen LogP contribution in [0, 0.1) is 0 Å². The maximum atomic E-state index is 12.8. The zero-order valence-corrected chi connectivity index (χ0v) is 19.2. The Kier molecular flexibility index (Phi) is 7.37. The highest BCUT2D eigenvalue weighted by Crippen LogP contribution is 2.30. The van der Waals surface area contributed by atoms with E-state index < -0.39 is 0 Å². The van der Waals surface area contributed by atoms with Crippen molar-refractivity contribution in [2.75, 3.05) is 30.8 Å². The summed E-state index contributed by atoms with van der Waals surface area (Å²) in [5.74, 6) is 1.17. The molecule has 1 saturated heterocycles. The minimum absolute atomic E-state index is 0.0691. The van der Waals surface area contributed by atoms with Gasteiger partial charge in [0, 0.05) is 40.8 Å². The van der Waals surface area contributed by atoms with Crippen molar-refractivity contribution in [3.8, 4) is 5.75 Å². The van der Waals surface area contributed by atoms with E-state index in [4.69, 9.17) is 4.74 Å². The van der Waals surface area contributed by atoms with Crippen LogP contribution < -0.4 is 10.1 Å². The number of anilines is 1. The number of fused-ring (bicyclic) bond motifs is 1. The van der Waals surface area contributed by atoms with Crippen molar-refractivity contribution in [3.05, 3.63) is 54.7 Å². The van der Waals surface area contributed by atoms with Crippen LogP contribution in [-0.2, 0) is 16.1 Å². The van der Waals surface area contributed by atoms with Crippen molar-refractivity contribution >= 4 is 40.2 Å². The quantitative estimate of drug-likeness (QED) is 0.501. The van der Waals surface area contributed by atoms with Crippen LogP contribution >= 0.6 is 11.8 Å². The first-order valence-electron chi connectivity index (χ1n) is 11.1. The number of hydrogen-bond acceptors (Lipinski definition) is 4. The largest absolute Gasteiger partial charge is 0.494 e. The van der Waals surface area contributed by atoms with Gasteiger partial charge in [0.1, 0.15) is 12.3 Å². The highest BCUT2D eigenvalue weighted by Gasteiger charge is 2.18. The molecule has 0 bridgehead atoms. The Labute approximate surface area is 192 Å². The molecule has 32 heavy (non-hydrogen) atoms. The number of carbonyl (C=O) groups is 2. The van der Waals surface area contributed by atoms with Gasteiger partial charge in [-0.2, -0.15) is 0 Å². The van der Waals surface area contributed by atoms with Gasteiger partial charge in [0.25, 0.3) is 0 Å². The third kappa shape index (κ3) is 5.46. The second-order valence-electron chi connectivity index (χ2n) is 7.87. The first kappa shape index (κ1) is 22.3. The number of thioether (sulfide) groups is 1. The fourth-order valence-electron chi connectivity index (χ4n) is 3.99. The van der Waals surface area contributed by atoms with Gasteiger partial charge in [0.05, 0.1) is 12.4 Å². The number of nitrogens with one attached hydrogen (secondary N) is 1. The number of hydrogen-bond donors (Lipinski definition) is 1. The summed E-state index contributed by atoms with van der Waals surface area (Å²) in [6.45, 7) is 4.59. The average Bonchev–Trinajstić information content (AvgIpc) is 3.17. The predicted molar refractivity (Wildman–Crippen MR) is 129 cm³/mol. The van der Waals surface area contributed by atoms with Crippen molar-refractivity contribution in [2.24, 2.45) is 0 Å². The van der Waals surface area contributed by atoms with Gasteiger partial charge in [-0.25, -0.2) is 0 Å². The van der Waals surface area contributed by atoms with E-state index in [-0.39, 0.29) is 11.8 Å². The number of likely N-dealkylation sites (tertiary alicyclic amines) is 1. The zero-order chi connectivity index (χ0) is 22.3. The van der Waals surface area contributed by atoms with Crippen LogP contribution in [0.2, 0.25) is 0 Å². The molecule has 6 nitrogen and oxygen atoms in total. The van der Waals surface area contributed by atoms with E-state index in [0.717, 1.165) is 53.2 Å². The van der Waals surface area contributed by atoms with E-state index in [1.807, 2.05) is 71.1 Å². The summed E-state index contributed by atoms with van der Waals surface area (Å²) in [5, 5.41) is 4.00. The molecular formula is C25H29N3O3S. The molecule has 168 valence electrons. The summed E-state index contributed by atoms with van der Waals surface area (Å²) in [6, 6.07) is 15.4. The highest BCUT2D eigenvalue weighted by molar-refractivity contribution is 8.00. The standard InChI is InChI=1S/C25H29N3O3S/c1-2-31-20-12-10-19(11-13-20)26-24(29)18-32-23-16-28(22-9-5-4-8-21(22)23)17-25(30)27-14-6-3-7-15-27/h4-5,8-13,16H,2-3,6-7,14-15,17-18H2,1H3,(H,26,29). The van der Waals surface area contributed by atoms with Crippen LogP contribution in [0.1, 0.15) is 26.2 Å². The Morgan fingerprint density at radius 2 is 1.78 bits per heavy atom. The van der Waals surface area contributed by atoms with Crippen molar-refractivity contribution in [1.82, 2.24) is 9.47 Å². The Morgan fingerprint density at radius 1 is 1.03 bits per heavy atom. The normalized spacial score (nSPS) is 13.8. The van der Waals surface area contributed by atoms with Crippen LogP contribution in [0.4, 0.5) is 5.69 Å². The molecule has 4 rings (SSSR count). The number of benzene rings is 2. The van der Waals surface area contributed by atoms with Crippen LogP contribution in [0.3, 0.4) is 0 Å². The van der Waals surface area contributed by atoms with Gasteiger partial charge in [0.2, 0.25) is 11.8 Å². The van der Waals surface area contributed by atoms with Crippen LogP contribution in [-0.4, -0.2) is 46.7 Å². The summed E-state index contributed by atoms with van der Waals surface area (Å²) < 4.78 is 7.45. The van der Waals surface area contributed by atoms with Crippen LogP contribution in [0.25, 0.3) is 10.9 Å². The van der Waals surface area contributed by atoms with Gasteiger partial charge >= 0.3 is 0 Å². The molecule has 0 unspecified atom stereocenters. The molecule has 0 radical (unpaired) electrons. The lowest BCUT2D eigenvalue weighted by molar-refractivity contribution is -0.132. The van der Waals surface area contributed by atoms with E-state index in [1.54, 1.807) is 0 Å². The molecule has 7 heteroatoms. The van der Waals surface area contributed by atoms with Gasteiger partial charge in [-0.05, 0) is 56.5 Å². The lowest BCUT2D eigenvalue weighted by Crippen LogP contribution is -2.37. The highest BCUT2D eigenvalue weighted by atomic mass is 32.2. The SMILES string of the molecule is CCOc1ccc(NC(=O)CSc2cn(CC(=O)N3CCCCC3)c3ccccc23)cc1. The van der Waals surface area contributed by atoms with Crippen molar-refractivity contribution in [2.45, 2.75) is 37.6 Å². The number of nitrogens with zero attached hydrogens (tertiary/aromatic N) is 2. The van der Waals surface area contributed by atoms with E-state index >= 15 is 0 Å². The van der Waals surface area contributed by atoms with Crippen molar-refractivity contribution < 1.29 is 14.3 Å². The van der Waals surface area contributed by atoms with Gasteiger partial charge in [-0.3, -0.25) is 9.59 Å². The Bertz CT molecular complexity index is 1070. The van der Waals surface area contributed by atoms with E-state index in [0.29, 0.717) is 18.9 Å². The van der Waals surface area contributed by atoms with Crippen LogP contribution in [0.15, 0.2) is 59.6 Å². The minimum atomic E-state index is -0.0691. The summed E-state index contributed by atoms with van der Waals surface area (Å²) in [4.78, 5) is 28.2. The molecule has 0 spiro atoms. The van der Waals surface area contributed by atoms with E-state index in [1.165, 1.54) is 18.2 Å². The Morgan fingerprint density at radius 3 is 2.53 bits per heavy atom. The average molecular weight is 452 g/mol. The molecule has 1 aliphatic heterocycles. The lowest BCUT2D eigenvalue weighted by atomic mass is 10.1. The molecule has 3 aromatic rings. The molecule has 2 amide bonds. The predicted octanol–water partition coefficient (Wildman–Crippen LogP) is 4.78. The molecule has 1 aromatic heterocycles. The Balaban J connectivity index is 1.40. The molecule has 0 aliphatic carbocycles. The first-order valence-corrected chi connectivity index (χ1v) is 12.1. The second-order valence-corrected chi connectivity index (χ2v) is 8.89. The summed E-state index contributed by atoms with van der Waals surface area (Å²) in [7, 11) is 0. The van der Waals surface area contributed by atoms with Crippen LogP contribution in [0.5, 0.6) is 5.75 Å². The summed E-state index contributed by atoms with van der Waals surface area (Å²) in [6.07, 6.45) is 5.38. The number of para-hydroxylation sites is 1. The lowest BCUT2D eigenvalue weighted by Gasteiger charge is -2.27. The number of piperidine rings is 1. The summed E-state index contributed by atoms with van der Waals surface area (Å²) in [5.41, 5.74) is 1.76. The molecule has 1 aliphatic rings. The zero-order valence-electron chi connectivity index (χ0n) is 18.4. The summed E-state index contributed by atoms with van der Waals surface area (Å²) >= 11 is 1.49. The van der Waals surface area contributed by atoms with Gasteiger partial charge in [0.15, 0.2) is 0 Å². The van der Waals surface area contributed by atoms with E-state index in [9.17, 15) is 9.59 Å². The fourth-order valence-corrected chi connectivity index (χ4v) is 4.88. The molecule has 2 heterocycles. The number of carbonyl (C=O) groups excluding carboxylic acids is 2. The maximum Gasteiger partial charge on any atom is 0.242 e. The number of rotatable bonds is 8. The molecule has 1 fully saturated rings. The molecular weight excluding hydrogens is 422 g/mol. The van der Waals surface area contributed by atoms with Gasteiger partial charge < -0.3 is 19.5 Å². The molecule has 1 N–H and O–H groups in total. The topological polar surface area (TPSA) is 63.6 Å². The van der Waals surface area contributed by atoms with Crippen molar-refractivity contribution in [1.29, 1.82) is 0 Å². The smallest absolute Gasteiger partial charge is 0.242 e. The van der Waals surface area contributed by atoms with Crippen molar-refractivity contribution in [3.63, 3.8) is 0 Å². The minimum Gasteiger partial charge on any atom is -0.494 e. The molecule has 0 atom stereocenters. The number of aromatic nitrogens is 1. The Hall–Kier alpha value is -2.93. The molecule has 2 aromatic carbocycles. The number of ether oxygens (including phenoxy) is 1. The first-order chi connectivity index (χ1) is 15.6. The van der Waals surface area contributed by atoms with Gasteiger partial charge in [-0.15, -0.1) is 11.8 Å². The maximum absolute atomic E-state index is 12.8. The number of amides is 2. The third-order valence-electron chi connectivity index (χ3n) is 5.57. The monoisotopic (exact) mass is 451 g/mol.